The summed E-state index contributed by atoms with van der Waals surface area (Å²) >= 11 is 0. The maximum Gasteiger partial charge on any atom is 0.256 e. The van der Waals surface area contributed by atoms with Crippen LogP contribution in [0.25, 0.3) is 0 Å². The van der Waals surface area contributed by atoms with Crippen LogP contribution in [0.2, 0.25) is 0 Å². The smallest absolute Gasteiger partial charge is 0.256 e. The molecular formula is C31H48NO11-. The number of carbonyl (C=O) groups is 2. The lowest BCUT2D eigenvalue weighted by Crippen LogP contribution is -2.69. The predicted octanol–water partition coefficient (Wildman–Crippen LogP) is 1.10. The number of nitrogens with one attached hydrogen (secondary N) is 1. The third-order valence-corrected chi connectivity index (χ3v) is 8.94. The summed E-state index contributed by atoms with van der Waals surface area (Å²) in [4.78, 5) is 23.8. The van der Waals surface area contributed by atoms with Gasteiger partial charge in [-0.05, 0) is 32.3 Å². The van der Waals surface area contributed by atoms with Gasteiger partial charge in [0.05, 0.1) is 30.4 Å². The Morgan fingerprint density at radius 2 is 1.91 bits per heavy atom. The summed E-state index contributed by atoms with van der Waals surface area (Å²) in [5, 5.41) is 35.2. The van der Waals surface area contributed by atoms with Gasteiger partial charge in [-0.2, -0.15) is 0 Å². The van der Waals surface area contributed by atoms with Crippen LogP contribution in [0.4, 0.5) is 0 Å². The number of aliphatic hydroxyl groups is 2. The average molecular weight is 611 g/mol. The Hall–Kier alpha value is -2.16. The molecule has 43 heavy (non-hydrogen) atoms. The van der Waals surface area contributed by atoms with Gasteiger partial charge in [0.2, 0.25) is 5.79 Å². The van der Waals surface area contributed by atoms with Crippen LogP contribution in [-0.4, -0.2) is 97.8 Å². The van der Waals surface area contributed by atoms with Gasteiger partial charge in [-0.3, -0.25) is 4.79 Å². The van der Waals surface area contributed by atoms with Crippen molar-refractivity contribution >= 4 is 11.9 Å². The van der Waals surface area contributed by atoms with Crippen molar-refractivity contribution in [1.29, 1.82) is 0 Å². The van der Waals surface area contributed by atoms with Gasteiger partial charge in [-0.15, -0.1) is 0 Å². The highest BCUT2D eigenvalue weighted by Gasteiger charge is 2.57. The summed E-state index contributed by atoms with van der Waals surface area (Å²) in [5.74, 6) is -3.59. The highest BCUT2D eigenvalue weighted by molar-refractivity contribution is 5.82. The van der Waals surface area contributed by atoms with E-state index in [0.717, 1.165) is 11.6 Å². The molecule has 3 N–H and O–H groups in total. The van der Waals surface area contributed by atoms with E-state index >= 15 is 0 Å². The number of aliphatic carboxylic acids is 1. The van der Waals surface area contributed by atoms with E-state index in [9.17, 15) is 24.9 Å². The molecule has 0 aliphatic carbocycles. The van der Waals surface area contributed by atoms with E-state index < -0.39 is 65.9 Å². The van der Waals surface area contributed by atoms with Gasteiger partial charge in [0.15, 0.2) is 12.3 Å². The molecule has 0 aromatic carbocycles. The standard InChI is InChI=1S/C31H49NO11/c1-18-16-31(39-7,43-20(3)19(18)2)26(36)28(37)32-29-25-24(40-17-41-29)27(38-6)30(4,5)22(42-25)15-21(33)13-11-9-8-10-12-14-23(34)35/h8,10,12,14,19-22,24-27,29,33,36H,1,9,11,13,15-17H2,2-7H3,(H,32,37)(H,34,35)/p-1/b10-8+,14-12+/t19-,20-,21-,22-,24+,25-,26-,27-,29+,31-/m1/s1. The first-order valence-electron chi connectivity index (χ1n) is 14.8. The number of allylic oxidation sites excluding steroid dienone is 3. The third kappa shape index (κ3) is 8.31. The second-order valence-corrected chi connectivity index (χ2v) is 12.2. The number of hydrogen-bond acceptors (Lipinski definition) is 11. The topological polar surface area (TPSA) is 165 Å². The summed E-state index contributed by atoms with van der Waals surface area (Å²) < 4.78 is 35.6. The first-order chi connectivity index (χ1) is 20.3. The summed E-state index contributed by atoms with van der Waals surface area (Å²) in [7, 11) is 2.96. The van der Waals surface area contributed by atoms with E-state index in [4.69, 9.17) is 28.4 Å². The van der Waals surface area contributed by atoms with Crippen LogP contribution in [0.15, 0.2) is 36.5 Å². The van der Waals surface area contributed by atoms with Gasteiger partial charge in [0.25, 0.3) is 5.91 Å². The number of hydrogen-bond donors (Lipinski definition) is 3. The number of ether oxygens (including phenoxy) is 6. The quantitative estimate of drug-likeness (QED) is 0.118. The van der Waals surface area contributed by atoms with E-state index in [0.29, 0.717) is 25.7 Å². The van der Waals surface area contributed by atoms with Gasteiger partial charge in [-0.1, -0.05) is 51.2 Å². The van der Waals surface area contributed by atoms with Crippen molar-refractivity contribution < 1.29 is 53.3 Å². The Kier molecular flexibility index (Phi) is 12.5. The molecule has 0 bridgehead atoms. The fourth-order valence-corrected chi connectivity index (χ4v) is 6.08. The van der Waals surface area contributed by atoms with Gasteiger partial charge in [0.1, 0.15) is 19.0 Å². The number of carboxylic acids is 1. The summed E-state index contributed by atoms with van der Waals surface area (Å²) in [6.45, 7) is 11.7. The van der Waals surface area contributed by atoms with Crippen molar-refractivity contribution in [2.24, 2.45) is 11.3 Å². The molecule has 0 saturated carbocycles. The Balaban J connectivity index is 1.68. The first-order valence-corrected chi connectivity index (χ1v) is 14.8. The Labute approximate surface area is 254 Å². The minimum absolute atomic E-state index is 0.0329. The van der Waals surface area contributed by atoms with Crippen molar-refractivity contribution in [2.75, 3.05) is 21.0 Å². The molecule has 3 rings (SSSR count). The van der Waals surface area contributed by atoms with Gasteiger partial charge >= 0.3 is 0 Å². The van der Waals surface area contributed by atoms with Crippen LogP contribution in [0.3, 0.4) is 0 Å². The van der Waals surface area contributed by atoms with Gasteiger partial charge in [0, 0.05) is 38.4 Å². The first kappa shape index (κ1) is 35.3. The van der Waals surface area contributed by atoms with Crippen LogP contribution < -0.4 is 10.4 Å². The molecule has 3 aliphatic rings. The highest BCUT2D eigenvalue weighted by Crippen LogP contribution is 2.44. The monoisotopic (exact) mass is 610 g/mol. The third-order valence-electron chi connectivity index (χ3n) is 8.94. The lowest BCUT2D eigenvalue weighted by atomic mass is 9.72. The van der Waals surface area contributed by atoms with E-state index in [1.54, 1.807) is 13.2 Å². The zero-order chi connectivity index (χ0) is 31.9. The largest absolute Gasteiger partial charge is 0.545 e. The van der Waals surface area contributed by atoms with Crippen LogP contribution in [-0.2, 0) is 38.0 Å². The van der Waals surface area contributed by atoms with Crippen LogP contribution in [0, 0.1) is 11.3 Å². The fourth-order valence-electron chi connectivity index (χ4n) is 6.08. The van der Waals surface area contributed by atoms with E-state index in [1.165, 1.54) is 13.2 Å². The number of carboxylic acid groups (broad SMARTS) is 1. The second kappa shape index (κ2) is 15.2. The lowest BCUT2D eigenvalue weighted by molar-refractivity contribution is -0.332. The number of rotatable bonds is 13. The number of amides is 1. The lowest BCUT2D eigenvalue weighted by Gasteiger charge is -2.54. The van der Waals surface area contributed by atoms with Crippen molar-refractivity contribution in [2.45, 2.75) is 115 Å². The highest BCUT2D eigenvalue weighted by atomic mass is 16.7. The second-order valence-electron chi connectivity index (χ2n) is 12.2. The molecule has 1 amide bonds. The maximum atomic E-state index is 13.4. The molecule has 0 aromatic heterocycles. The van der Waals surface area contributed by atoms with Crippen LogP contribution in [0.1, 0.15) is 59.8 Å². The Morgan fingerprint density at radius 1 is 1.19 bits per heavy atom. The van der Waals surface area contributed by atoms with Crippen LogP contribution >= 0.6 is 0 Å². The normalized spacial score (nSPS) is 35.9. The van der Waals surface area contributed by atoms with E-state index in [1.807, 2.05) is 33.8 Å². The van der Waals surface area contributed by atoms with E-state index in [2.05, 4.69) is 11.9 Å². The van der Waals surface area contributed by atoms with Crippen molar-refractivity contribution in [1.82, 2.24) is 5.32 Å². The molecule has 0 radical (unpaired) electrons. The molecule has 0 aromatic rings. The zero-order valence-corrected chi connectivity index (χ0v) is 26.0. The summed E-state index contributed by atoms with van der Waals surface area (Å²) in [5.41, 5.74) is 0.238. The minimum atomic E-state index is -1.68. The predicted molar refractivity (Wildman–Crippen MR) is 153 cm³/mol. The number of carbonyl (C=O) groups excluding carboxylic acids is 2. The molecule has 0 spiro atoms. The van der Waals surface area contributed by atoms with Gasteiger partial charge in [-0.25, -0.2) is 0 Å². The van der Waals surface area contributed by atoms with Crippen molar-refractivity contribution in [3.8, 4) is 0 Å². The number of aliphatic hydroxyl groups excluding tert-OH is 2. The molecular weight excluding hydrogens is 562 g/mol. The van der Waals surface area contributed by atoms with Gasteiger partial charge < -0.3 is 53.9 Å². The molecule has 3 saturated heterocycles. The molecule has 3 aliphatic heterocycles. The molecule has 12 heteroatoms. The van der Waals surface area contributed by atoms with Crippen molar-refractivity contribution in [3.05, 3.63) is 36.5 Å². The Bertz CT molecular complexity index is 1030. The molecule has 10 atom stereocenters. The number of methoxy groups -OCH3 is 2. The molecule has 3 heterocycles. The Morgan fingerprint density at radius 3 is 2.53 bits per heavy atom. The molecule has 12 nitrogen and oxygen atoms in total. The fraction of sp³-hybridized carbons (Fsp3) is 0.742. The maximum absolute atomic E-state index is 13.4. The van der Waals surface area contributed by atoms with Crippen molar-refractivity contribution in [3.63, 3.8) is 0 Å². The minimum Gasteiger partial charge on any atom is -0.545 e. The number of fused-ring (bicyclic) bond motifs is 1. The molecule has 3 fully saturated rings. The van der Waals surface area contributed by atoms with E-state index in [-0.39, 0.29) is 25.2 Å². The molecule has 244 valence electrons. The number of unbranched alkanes of at least 4 members (excludes halogenated alkanes) is 1. The zero-order valence-electron chi connectivity index (χ0n) is 26.0. The van der Waals surface area contributed by atoms with Crippen LogP contribution in [0.5, 0.6) is 0 Å². The SMILES string of the molecule is C=C1C[C@](OC)([C@H](O)C(=O)N[C@H]2OCO[C@H]3[C@H]2O[C@H](C[C@H](O)CCC/C=C/C=C/C(=O)[O-])C(C)(C)[C@@H]3OC)O[C@H](C)[C@@H]1C. The summed E-state index contributed by atoms with van der Waals surface area (Å²) in [6, 6.07) is 0. The molecule has 0 unspecified atom stereocenters. The summed E-state index contributed by atoms with van der Waals surface area (Å²) in [6.07, 6.45) is 2.06. The average Bonchev–Trinajstić information content (AvgIpc) is 2.95.